The Morgan fingerprint density at radius 1 is 1.46 bits per heavy atom. The summed E-state index contributed by atoms with van der Waals surface area (Å²) in [6.07, 6.45) is 0.0136. The highest BCUT2D eigenvalue weighted by Crippen LogP contribution is 2.27. The first-order valence-corrected chi connectivity index (χ1v) is 8.77. The molecule has 1 N–H and O–H groups in total. The molecule has 1 aliphatic rings. The fourth-order valence-corrected chi connectivity index (χ4v) is 3.71. The lowest BCUT2D eigenvalue weighted by atomic mass is 10.0. The number of rotatable bonds is 5. The molecule has 6 heteroatoms. The van der Waals surface area contributed by atoms with Crippen molar-refractivity contribution in [2.75, 3.05) is 19.8 Å². The predicted octanol–water partition coefficient (Wildman–Crippen LogP) is 3.08. The maximum Gasteiger partial charge on any atom is 0.123 e. The molecule has 0 unspecified atom stereocenters. The van der Waals surface area contributed by atoms with E-state index in [1.807, 2.05) is 17.5 Å². The molecule has 126 valence electrons. The van der Waals surface area contributed by atoms with Gasteiger partial charge in [-0.25, -0.2) is 4.39 Å². The van der Waals surface area contributed by atoms with E-state index in [4.69, 9.17) is 4.74 Å². The molecular formula is C18H19FN2O2S. The van der Waals surface area contributed by atoms with Crippen molar-refractivity contribution in [2.24, 2.45) is 0 Å². The first-order chi connectivity index (χ1) is 11.7. The van der Waals surface area contributed by atoms with Crippen molar-refractivity contribution in [1.82, 2.24) is 4.90 Å². The number of ether oxygens (including phenoxy) is 1. The number of halogens is 1. The number of nitriles is 1. The van der Waals surface area contributed by atoms with Crippen LogP contribution in [0.5, 0.6) is 0 Å². The van der Waals surface area contributed by atoms with Crippen LogP contribution in [-0.2, 0) is 11.3 Å². The van der Waals surface area contributed by atoms with Gasteiger partial charge >= 0.3 is 0 Å². The molecule has 0 bridgehead atoms. The maximum atomic E-state index is 13.5. The molecule has 4 nitrogen and oxygen atoms in total. The molecule has 2 atom stereocenters. The first-order valence-electron chi connectivity index (χ1n) is 7.89. The van der Waals surface area contributed by atoms with Gasteiger partial charge in [0.2, 0.25) is 0 Å². The van der Waals surface area contributed by atoms with Gasteiger partial charge in [-0.3, -0.25) is 4.90 Å². The van der Waals surface area contributed by atoms with Gasteiger partial charge in [-0.05, 0) is 41.6 Å². The third kappa shape index (κ3) is 4.00. The number of thiophene rings is 1. The van der Waals surface area contributed by atoms with E-state index in [1.54, 1.807) is 0 Å². The smallest absolute Gasteiger partial charge is 0.123 e. The molecule has 0 radical (unpaired) electrons. The minimum Gasteiger partial charge on any atom is -0.388 e. The number of aliphatic hydroxyl groups is 1. The summed E-state index contributed by atoms with van der Waals surface area (Å²) in [5, 5.41) is 21.6. The molecule has 24 heavy (non-hydrogen) atoms. The van der Waals surface area contributed by atoms with E-state index in [0.29, 0.717) is 43.9 Å². The third-order valence-corrected chi connectivity index (χ3v) is 5.25. The molecule has 1 aromatic heterocycles. The van der Waals surface area contributed by atoms with E-state index in [1.165, 1.54) is 29.5 Å². The largest absolute Gasteiger partial charge is 0.388 e. The quantitative estimate of drug-likeness (QED) is 0.904. The zero-order chi connectivity index (χ0) is 16.9. The molecule has 0 amide bonds. The van der Waals surface area contributed by atoms with E-state index >= 15 is 0 Å². The minimum absolute atomic E-state index is 0.0330. The molecule has 2 aromatic rings. The van der Waals surface area contributed by atoms with Crippen LogP contribution in [0.3, 0.4) is 0 Å². The second-order valence-electron chi connectivity index (χ2n) is 5.88. The highest BCUT2D eigenvalue weighted by Gasteiger charge is 2.27. The molecule has 0 aliphatic carbocycles. The van der Waals surface area contributed by atoms with Crippen LogP contribution in [0, 0.1) is 17.1 Å². The predicted molar refractivity (Wildman–Crippen MR) is 90.0 cm³/mol. The highest BCUT2D eigenvalue weighted by molar-refractivity contribution is 7.10. The van der Waals surface area contributed by atoms with Gasteiger partial charge < -0.3 is 9.84 Å². The van der Waals surface area contributed by atoms with Crippen LogP contribution in [0.15, 0.2) is 35.7 Å². The second kappa shape index (κ2) is 7.86. The van der Waals surface area contributed by atoms with Gasteiger partial charge in [0.15, 0.2) is 0 Å². The summed E-state index contributed by atoms with van der Waals surface area (Å²) in [4.78, 5) is 3.10. The van der Waals surface area contributed by atoms with Crippen molar-refractivity contribution in [3.8, 4) is 6.07 Å². The van der Waals surface area contributed by atoms with Crippen LogP contribution >= 0.6 is 11.3 Å². The Hall–Kier alpha value is -1.78. The molecule has 0 spiro atoms. The Morgan fingerprint density at radius 3 is 3.08 bits per heavy atom. The lowest BCUT2D eigenvalue weighted by Gasteiger charge is -2.36. The van der Waals surface area contributed by atoms with Gasteiger partial charge in [-0.15, -0.1) is 11.3 Å². The Bertz CT molecular complexity index is 714. The molecule has 0 saturated carbocycles. The maximum absolute atomic E-state index is 13.5. The molecular weight excluding hydrogens is 327 g/mol. The molecule has 3 rings (SSSR count). The summed E-state index contributed by atoms with van der Waals surface area (Å²) in [6, 6.07) is 10.2. The molecule has 1 fully saturated rings. The van der Waals surface area contributed by atoms with E-state index < -0.39 is 6.10 Å². The van der Waals surface area contributed by atoms with Gasteiger partial charge in [0, 0.05) is 24.0 Å². The fourth-order valence-electron chi connectivity index (χ4n) is 2.99. The molecule has 1 aromatic carbocycles. The van der Waals surface area contributed by atoms with Crippen molar-refractivity contribution in [3.05, 3.63) is 57.5 Å². The molecule has 1 saturated heterocycles. The summed E-state index contributed by atoms with van der Waals surface area (Å²) in [5.41, 5.74) is 1.16. The number of morpholine rings is 1. The van der Waals surface area contributed by atoms with E-state index in [2.05, 4.69) is 11.0 Å². The SMILES string of the molecule is N#Cc1ccc(F)cc1CN1CCOC[C@@H]1C[C@H](O)c1cccs1. The Labute approximate surface area is 144 Å². The second-order valence-corrected chi connectivity index (χ2v) is 6.86. The lowest BCUT2D eigenvalue weighted by molar-refractivity contribution is -0.0296. The van der Waals surface area contributed by atoms with Gasteiger partial charge in [-0.1, -0.05) is 6.07 Å². The number of aliphatic hydroxyl groups excluding tert-OH is 1. The summed E-state index contributed by atoms with van der Waals surface area (Å²) < 4.78 is 19.1. The van der Waals surface area contributed by atoms with Crippen LogP contribution in [0.25, 0.3) is 0 Å². The first kappa shape index (κ1) is 17.1. The topological polar surface area (TPSA) is 56.5 Å². The Balaban J connectivity index is 1.73. The molecule has 1 aliphatic heterocycles. The summed E-state index contributed by atoms with van der Waals surface area (Å²) in [5.74, 6) is -0.340. The van der Waals surface area contributed by atoms with E-state index in [-0.39, 0.29) is 11.9 Å². The zero-order valence-electron chi connectivity index (χ0n) is 13.2. The number of nitrogens with zero attached hydrogens (tertiary/aromatic N) is 2. The standard InChI is InChI=1S/C18H19FN2O2S/c19-15-4-3-13(10-20)14(8-15)11-21-5-6-23-12-16(21)9-17(22)18-2-1-7-24-18/h1-4,7-8,16-17,22H,5-6,9,11-12H2/t16-,17-/m0/s1. The van der Waals surface area contributed by atoms with Gasteiger partial charge in [0.1, 0.15) is 5.82 Å². The Morgan fingerprint density at radius 2 is 2.33 bits per heavy atom. The van der Waals surface area contributed by atoms with Crippen LogP contribution in [0.4, 0.5) is 4.39 Å². The highest BCUT2D eigenvalue weighted by atomic mass is 32.1. The minimum atomic E-state index is -0.540. The average Bonchev–Trinajstić information content (AvgIpc) is 3.11. The van der Waals surface area contributed by atoms with Crippen LogP contribution in [0.2, 0.25) is 0 Å². The zero-order valence-corrected chi connectivity index (χ0v) is 14.0. The number of hydrogen-bond acceptors (Lipinski definition) is 5. The number of benzene rings is 1. The van der Waals surface area contributed by atoms with Crippen molar-refractivity contribution < 1.29 is 14.2 Å². The van der Waals surface area contributed by atoms with Crippen LogP contribution in [-0.4, -0.2) is 35.8 Å². The van der Waals surface area contributed by atoms with E-state index in [9.17, 15) is 14.8 Å². The summed E-state index contributed by atoms with van der Waals surface area (Å²) >= 11 is 1.53. The van der Waals surface area contributed by atoms with Gasteiger partial charge in [0.05, 0.1) is 31.0 Å². The number of hydrogen-bond donors (Lipinski definition) is 1. The van der Waals surface area contributed by atoms with Crippen molar-refractivity contribution in [2.45, 2.75) is 25.1 Å². The molecule has 2 heterocycles. The summed E-state index contributed by atoms with van der Waals surface area (Å²) in [6.45, 7) is 2.30. The lowest BCUT2D eigenvalue weighted by Crippen LogP contribution is -2.45. The third-order valence-electron chi connectivity index (χ3n) is 4.28. The van der Waals surface area contributed by atoms with Gasteiger partial charge in [-0.2, -0.15) is 5.26 Å². The summed E-state index contributed by atoms with van der Waals surface area (Å²) in [7, 11) is 0. The van der Waals surface area contributed by atoms with Crippen LogP contribution < -0.4 is 0 Å². The Kier molecular flexibility index (Phi) is 5.59. The van der Waals surface area contributed by atoms with E-state index in [0.717, 1.165) is 4.88 Å². The van der Waals surface area contributed by atoms with Crippen LogP contribution in [0.1, 0.15) is 28.5 Å². The van der Waals surface area contributed by atoms with Crippen molar-refractivity contribution in [3.63, 3.8) is 0 Å². The van der Waals surface area contributed by atoms with Gasteiger partial charge in [0.25, 0.3) is 0 Å². The monoisotopic (exact) mass is 346 g/mol. The van der Waals surface area contributed by atoms with Crippen molar-refractivity contribution in [1.29, 1.82) is 5.26 Å². The van der Waals surface area contributed by atoms with Crippen molar-refractivity contribution >= 4 is 11.3 Å². The fraction of sp³-hybridized carbons (Fsp3) is 0.389. The normalized spacial score (nSPS) is 19.8. The average molecular weight is 346 g/mol.